The molecule has 0 radical (unpaired) electrons. The third-order valence-electron chi connectivity index (χ3n) is 2.43. The molecule has 0 saturated carbocycles. The quantitative estimate of drug-likeness (QED) is 0.594. The lowest BCUT2D eigenvalue weighted by Gasteiger charge is -2.24. The molecule has 0 aliphatic carbocycles. The second kappa shape index (κ2) is 7.02. The fourth-order valence-corrected chi connectivity index (χ4v) is 2.87. The molecule has 1 nitrogen and oxygen atoms in total. The predicted molar refractivity (Wildman–Crippen MR) is 79.9 cm³/mol. The smallest absolute Gasteiger partial charge is 0.119 e. The van der Waals surface area contributed by atoms with Crippen molar-refractivity contribution in [3.8, 4) is 5.75 Å². The topological polar surface area (TPSA) is 9.23 Å². The van der Waals surface area contributed by atoms with E-state index in [2.05, 4.69) is 54.7 Å². The summed E-state index contributed by atoms with van der Waals surface area (Å²) < 4.78 is 6.77. The number of hydrogen-bond donors (Lipinski definition) is 0. The van der Waals surface area contributed by atoms with Gasteiger partial charge in [-0.3, -0.25) is 0 Å². The van der Waals surface area contributed by atoms with Gasteiger partial charge < -0.3 is 4.74 Å². The van der Waals surface area contributed by atoms with E-state index in [-0.39, 0.29) is 5.41 Å². The Morgan fingerprint density at radius 1 is 1.12 bits per heavy atom. The van der Waals surface area contributed by atoms with Crippen LogP contribution in [0.1, 0.15) is 13.3 Å². The van der Waals surface area contributed by atoms with Gasteiger partial charge in [0.25, 0.3) is 0 Å². The maximum absolute atomic E-state index is 5.70. The van der Waals surface area contributed by atoms with E-state index < -0.39 is 0 Å². The Labute approximate surface area is 122 Å². The highest BCUT2D eigenvalue weighted by atomic mass is 79.9. The van der Waals surface area contributed by atoms with Gasteiger partial charge in [0.2, 0.25) is 0 Å². The van der Waals surface area contributed by atoms with Crippen molar-refractivity contribution in [2.75, 3.05) is 17.3 Å². The Morgan fingerprint density at radius 3 is 2.19 bits per heavy atom. The number of benzene rings is 1. The molecular formula is C12H15Br3O. The zero-order valence-corrected chi connectivity index (χ0v) is 13.9. The summed E-state index contributed by atoms with van der Waals surface area (Å²) in [5, 5.41) is 1.96. The van der Waals surface area contributed by atoms with E-state index in [4.69, 9.17) is 4.74 Å². The largest absolute Gasteiger partial charge is 0.494 e. The molecule has 0 saturated heterocycles. The molecule has 0 atom stereocenters. The molecule has 0 heterocycles. The van der Waals surface area contributed by atoms with Gasteiger partial charge in [0.05, 0.1) is 6.61 Å². The molecule has 0 spiro atoms. The van der Waals surface area contributed by atoms with Crippen LogP contribution in [0.25, 0.3) is 0 Å². The minimum Gasteiger partial charge on any atom is -0.494 e. The summed E-state index contributed by atoms with van der Waals surface area (Å²) >= 11 is 10.5. The van der Waals surface area contributed by atoms with E-state index in [9.17, 15) is 0 Å². The van der Waals surface area contributed by atoms with Gasteiger partial charge in [0, 0.05) is 15.1 Å². The van der Waals surface area contributed by atoms with E-state index in [1.54, 1.807) is 0 Å². The molecule has 1 aromatic rings. The highest BCUT2D eigenvalue weighted by Crippen LogP contribution is 2.27. The lowest BCUT2D eigenvalue weighted by atomic mass is 9.93. The van der Waals surface area contributed by atoms with Gasteiger partial charge >= 0.3 is 0 Å². The molecule has 0 unspecified atom stereocenters. The number of ether oxygens (including phenoxy) is 1. The fraction of sp³-hybridized carbons (Fsp3) is 0.500. The molecule has 1 aromatic carbocycles. The Balaban J connectivity index is 2.38. The van der Waals surface area contributed by atoms with Crippen LogP contribution in [0.4, 0.5) is 0 Å². The summed E-state index contributed by atoms with van der Waals surface area (Å²) in [6.45, 7) is 2.98. The van der Waals surface area contributed by atoms with E-state index in [0.717, 1.165) is 33.9 Å². The van der Waals surface area contributed by atoms with Crippen LogP contribution < -0.4 is 4.74 Å². The van der Waals surface area contributed by atoms with Crippen molar-refractivity contribution in [3.05, 3.63) is 28.7 Å². The third kappa shape index (κ3) is 4.76. The molecule has 0 amide bonds. The van der Waals surface area contributed by atoms with Crippen molar-refractivity contribution in [2.45, 2.75) is 13.3 Å². The van der Waals surface area contributed by atoms with Crippen molar-refractivity contribution in [2.24, 2.45) is 5.41 Å². The van der Waals surface area contributed by atoms with Gasteiger partial charge in [-0.15, -0.1) is 0 Å². The average molecular weight is 415 g/mol. The summed E-state index contributed by atoms with van der Waals surface area (Å²) in [6.07, 6.45) is 1.03. The first-order valence-electron chi connectivity index (χ1n) is 5.10. The molecule has 16 heavy (non-hydrogen) atoms. The van der Waals surface area contributed by atoms with Gasteiger partial charge in [-0.2, -0.15) is 0 Å². The second-order valence-corrected chi connectivity index (χ2v) is 6.17. The SMILES string of the molecule is CC(CBr)(CBr)CCOc1ccc(Br)cc1. The highest BCUT2D eigenvalue weighted by Gasteiger charge is 2.21. The van der Waals surface area contributed by atoms with Gasteiger partial charge in [-0.05, 0) is 36.1 Å². The lowest BCUT2D eigenvalue weighted by molar-refractivity contribution is 0.251. The number of alkyl halides is 2. The molecule has 0 N–H and O–H groups in total. The first-order chi connectivity index (χ1) is 7.59. The Morgan fingerprint density at radius 2 is 1.69 bits per heavy atom. The first-order valence-corrected chi connectivity index (χ1v) is 8.13. The Hall–Kier alpha value is 0.460. The van der Waals surface area contributed by atoms with E-state index in [0.29, 0.717) is 0 Å². The van der Waals surface area contributed by atoms with Crippen molar-refractivity contribution >= 4 is 47.8 Å². The first kappa shape index (κ1) is 14.5. The molecule has 0 aromatic heterocycles. The molecular weight excluding hydrogens is 400 g/mol. The molecule has 0 fully saturated rings. The lowest BCUT2D eigenvalue weighted by Crippen LogP contribution is -2.23. The Kier molecular flexibility index (Phi) is 6.37. The number of rotatable bonds is 6. The summed E-state index contributed by atoms with van der Waals surface area (Å²) in [4.78, 5) is 0. The van der Waals surface area contributed by atoms with Gasteiger partial charge in [-0.25, -0.2) is 0 Å². The number of halogens is 3. The van der Waals surface area contributed by atoms with Gasteiger partial charge in [-0.1, -0.05) is 54.7 Å². The van der Waals surface area contributed by atoms with Crippen LogP contribution in [0.3, 0.4) is 0 Å². The second-order valence-electron chi connectivity index (χ2n) is 4.13. The molecule has 0 aliphatic rings. The van der Waals surface area contributed by atoms with Crippen molar-refractivity contribution in [1.29, 1.82) is 0 Å². The van der Waals surface area contributed by atoms with Crippen LogP contribution in [-0.2, 0) is 0 Å². The zero-order valence-electron chi connectivity index (χ0n) is 9.18. The zero-order chi connectivity index (χ0) is 12.0. The van der Waals surface area contributed by atoms with Crippen molar-refractivity contribution in [3.63, 3.8) is 0 Å². The van der Waals surface area contributed by atoms with Crippen LogP contribution in [-0.4, -0.2) is 17.3 Å². The maximum Gasteiger partial charge on any atom is 0.119 e. The summed E-state index contributed by atoms with van der Waals surface area (Å²) in [5.41, 5.74) is 0.259. The average Bonchev–Trinajstić information content (AvgIpc) is 2.31. The summed E-state index contributed by atoms with van der Waals surface area (Å²) in [7, 11) is 0. The normalized spacial score (nSPS) is 11.5. The Bertz CT molecular complexity index is 307. The highest BCUT2D eigenvalue weighted by molar-refractivity contribution is 9.10. The standard InChI is InChI=1S/C12H15Br3O/c1-12(8-13,9-14)6-7-16-11-4-2-10(15)3-5-11/h2-5H,6-9H2,1H3. The summed E-state index contributed by atoms with van der Waals surface area (Å²) in [6, 6.07) is 7.93. The van der Waals surface area contributed by atoms with Crippen LogP contribution in [0.15, 0.2) is 28.7 Å². The minimum atomic E-state index is 0.259. The van der Waals surface area contributed by atoms with Crippen LogP contribution in [0, 0.1) is 5.41 Å². The van der Waals surface area contributed by atoms with Gasteiger partial charge in [0.15, 0.2) is 0 Å². The van der Waals surface area contributed by atoms with Crippen LogP contribution >= 0.6 is 47.8 Å². The van der Waals surface area contributed by atoms with Crippen LogP contribution in [0.2, 0.25) is 0 Å². The van der Waals surface area contributed by atoms with Crippen LogP contribution in [0.5, 0.6) is 5.75 Å². The van der Waals surface area contributed by atoms with E-state index in [1.165, 1.54) is 0 Å². The molecule has 0 aliphatic heterocycles. The molecule has 90 valence electrons. The van der Waals surface area contributed by atoms with Crippen molar-refractivity contribution in [1.82, 2.24) is 0 Å². The summed E-state index contributed by atoms with van der Waals surface area (Å²) in [5.74, 6) is 0.926. The van der Waals surface area contributed by atoms with Crippen molar-refractivity contribution < 1.29 is 4.74 Å². The minimum absolute atomic E-state index is 0.259. The monoisotopic (exact) mass is 412 g/mol. The third-order valence-corrected chi connectivity index (χ3v) is 5.67. The van der Waals surface area contributed by atoms with Gasteiger partial charge in [0.1, 0.15) is 5.75 Å². The predicted octanol–water partition coefficient (Wildman–Crippen LogP) is 5.01. The molecule has 4 heteroatoms. The molecule has 1 rings (SSSR count). The number of hydrogen-bond acceptors (Lipinski definition) is 1. The molecule has 0 bridgehead atoms. The van der Waals surface area contributed by atoms with E-state index in [1.807, 2.05) is 24.3 Å². The fourth-order valence-electron chi connectivity index (χ4n) is 1.12. The maximum atomic E-state index is 5.70. The van der Waals surface area contributed by atoms with E-state index >= 15 is 0 Å².